The Labute approximate surface area is 184 Å². The summed E-state index contributed by atoms with van der Waals surface area (Å²) in [6, 6.07) is 11.0. The molecule has 0 N–H and O–H groups in total. The molecule has 0 spiro atoms. The van der Waals surface area contributed by atoms with Crippen molar-refractivity contribution in [2.75, 3.05) is 33.2 Å². The second-order valence-electron chi connectivity index (χ2n) is 7.43. The lowest BCUT2D eigenvalue weighted by molar-refractivity contribution is -0.138. The quantitative estimate of drug-likeness (QED) is 0.670. The number of halogens is 3. The van der Waals surface area contributed by atoms with Gasteiger partial charge in [0.25, 0.3) is 11.8 Å². The Hall–Kier alpha value is -2.41. The zero-order valence-corrected chi connectivity index (χ0v) is 17.9. The first-order valence-electron chi connectivity index (χ1n) is 9.59. The molecular formula is C22H20Cl2FN3O2. The zero-order chi connectivity index (χ0) is 21.4. The van der Waals surface area contributed by atoms with Crippen molar-refractivity contribution in [3.05, 3.63) is 75.2 Å². The van der Waals surface area contributed by atoms with E-state index in [2.05, 4.69) is 4.90 Å². The first-order valence-corrected chi connectivity index (χ1v) is 10.3. The average molecular weight is 448 g/mol. The second-order valence-corrected chi connectivity index (χ2v) is 8.27. The van der Waals surface area contributed by atoms with E-state index >= 15 is 0 Å². The zero-order valence-electron chi connectivity index (χ0n) is 16.4. The number of rotatable bonds is 4. The van der Waals surface area contributed by atoms with Crippen molar-refractivity contribution in [2.24, 2.45) is 0 Å². The van der Waals surface area contributed by atoms with Gasteiger partial charge < -0.3 is 9.80 Å². The summed E-state index contributed by atoms with van der Waals surface area (Å²) in [5.41, 5.74) is 1.28. The first kappa shape index (κ1) is 20.8. The van der Waals surface area contributed by atoms with Crippen LogP contribution in [0.2, 0.25) is 10.0 Å². The van der Waals surface area contributed by atoms with Crippen molar-refractivity contribution in [1.82, 2.24) is 14.7 Å². The summed E-state index contributed by atoms with van der Waals surface area (Å²) in [6.45, 7) is 2.59. The fraction of sp³-hybridized carbons (Fsp3) is 0.273. The molecule has 2 heterocycles. The minimum absolute atomic E-state index is 0.143. The molecule has 4 rings (SSSR count). The summed E-state index contributed by atoms with van der Waals surface area (Å²) in [4.78, 5) is 31.9. The molecule has 0 aliphatic carbocycles. The number of imide groups is 1. The van der Waals surface area contributed by atoms with Crippen molar-refractivity contribution in [2.45, 2.75) is 6.54 Å². The van der Waals surface area contributed by atoms with Gasteiger partial charge in [-0.1, -0.05) is 47.5 Å². The maximum atomic E-state index is 14.2. The van der Waals surface area contributed by atoms with Crippen LogP contribution in [0, 0.1) is 5.82 Å². The molecule has 5 nitrogen and oxygen atoms in total. The Bertz CT molecular complexity index is 1050. The maximum absolute atomic E-state index is 14.2. The van der Waals surface area contributed by atoms with E-state index in [1.54, 1.807) is 36.4 Å². The lowest BCUT2D eigenvalue weighted by atomic mass is 10.0. The highest BCUT2D eigenvalue weighted by molar-refractivity contribution is 6.41. The molecule has 0 bridgehead atoms. The molecule has 1 fully saturated rings. The van der Waals surface area contributed by atoms with Crippen molar-refractivity contribution >= 4 is 40.6 Å². The fourth-order valence-electron chi connectivity index (χ4n) is 3.76. The van der Waals surface area contributed by atoms with E-state index in [1.165, 1.54) is 6.07 Å². The average Bonchev–Trinajstić information content (AvgIpc) is 2.95. The number of piperazine rings is 1. The Morgan fingerprint density at radius 2 is 1.67 bits per heavy atom. The highest BCUT2D eigenvalue weighted by Crippen LogP contribution is 2.37. The maximum Gasteiger partial charge on any atom is 0.278 e. The van der Waals surface area contributed by atoms with Crippen LogP contribution < -0.4 is 0 Å². The van der Waals surface area contributed by atoms with E-state index < -0.39 is 17.6 Å². The highest BCUT2D eigenvalue weighted by atomic mass is 35.5. The molecule has 2 aromatic carbocycles. The van der Waals surface area contributed by atoms with E-state index in [0.717, 1.165) is 18.0 Å². The number of nitrogens with zero attached hydrogens (tertiary/aromatic N) is 3. The van der Waals surface area contributed by atoms with Crippen LogP contribution in [0.25, 0.3) is 5.57 Å². The van der Waals surface area contributed by atoms with E-state index in [4.69, 9.17) is 23.2 Å². The Morgan fingerprint density at radius 1 is 0.967 bits per heavy atom. The summed E-state index contributed by atoms with van der Waals surface area (Å²) >= 11 is 12.4. The molecule has 0 aromatic heterocycles. The molecule has 2 amide bonds. The SMILES string of the molecule is CN1CCN(C2=C(c3ccc(Cl)cc3Cl)C(=O)N(Cc3ccccc3F)C2=O)CC1. The van der Waals surface area contributed by atoms with Crippen LogP contribution in [0.5, 0.6) is 0 Å². The molecule has 2 aliphatic heterocycles. The van der Waals surface area contributed by atoms with Crippen LogP contribution in [0.4, 0.5) is 4.39 Å². The van der Waals surface area contributed by atoms with E-state index in [0.29, 0.717) is 29.4 Å². The number of carbonyl (C=O) groups excluding carboxylic acids is 2. The van der Waals surface area contributed by atoms with Crippen molar-refractivity contribution in [1.29, 1.82) is 0 Å². The van der Waals surface area contributed by atoms with E-state index in [9.17, 15) is 14.0 Å². The predicted molar refractivity (Wildman–Crippen MR) is 114 cm³/mol. The number of likely N-dealkylation sites (N-methyl/N-ethyl adjacent to an activating group) is 1. The number of carbonyl (C=O) groups is 2. The highest BCUT2D eigenvalue weighted by Gasteiger charge is 2.42. The Kier molecular flexibility index (Phi) is 5.82. The van der Waals surface area contributed by atoms with Gasteiger partial charge >= 0.3 is 0 Å². The van der Waals surface area contributed by atoms with Gasteiger partial charge in [0.1, 0.15) is 11.5 Å². The topological polar surface area (TPSA) is 43.9 Å². The van der Waals surface area contributed by atoms with Crippen LogP contribution in [-0.4, -0.2) is 59.7 Å². The molecule has 156 valence electrons. The van der Waals surface area contributed by atoms with Crippen molar-refractivity contribution in [3.8, 4) is 0 Å². The smallest absolute Gasteiger partial charge is 0.278 e. The Morgan fingerprint density at radius 3 is 2.33 bits per heavy atom. The van der Waals surface area contributed by atoms with Gasteiger partial charge in [-0.2, -0.15) is 0 Å². The molecule has 2 aliphatic rings. The molecule has 0 atom stereocenters. The third-order valence-electron chi connectivity index (χ3n) is 5.45. The van der Waals surface area contributed by atoms with Gasteiger partial charge in [-0.05, 0) is 25.2 Å². The Balaban J connectivity index is 1.77. The van der Waals surface area contributed by atoms with Crippen LogP contribution in [-0.2, 0) is 16.1 Å². The minimum Gasteiger partial charge on any atom is -0.364 e. The van der Waals surface area contributed by atoms with Crippen molar-refractivity contribution in [3.63, 3.8) is 0 Å². The monoisotopic (exact) mass is 447 g/mol. The van der Waals surface area contributed by atoms with Crippen LogP contribution in [0.3, 0.4) is 0 Å². The third kappa shape index (κ3) is 3.83. The number of benzene rings is 2. The summed E-state index contributed by atoms with van der Waals surface area (Å²) in [6.07, 6.45) is 0. The molecule has 8 heteroatoms. The van der Waals surface area contributed by atoms with E-state index in [1.807, 2.05) is 11.9 Å². The molecule has 1 saturated heterocycles. The minimum atomic E-state index is -0.485. The van der Waals surface area contributed by atoms with Gasteiger partial charge in [0.05, 0.1) is 17.1 Å². The summed E-state index contributed by atoms with van der Waals surface area (Å²) < 4.78 is 14.2. The summed E-state index contributed by atoms with van der Waals surface area (Å²) in [5, 5.41) is 0.725. The second kappa shape index (κ2) is 8.38. The van der Waals surface area contributed by atoms with Gasteiger partial charge in [-0.3, -0.25) is 14.5 Å². The van der Waals surface area contributed by atoms with Crippen molar-refractivity contribution < 1.29 is 14.0 Å². The fourth-order valence-corrected chi connectivity index (χ4v) is 4.27. The molecule has 2 aromatic rings. The predicted octanol–water partition coefficient (Wildman–Crippen LogP) is 3.66. The largest absolute Gasteiger partial charge is 0.364 e. The molecule has 0 unspecified atom stereocenters. The third-order valence-corrected chi connectivity index (χ3v) is 6.00. The number of hydrogen-bond acceptors (Lipinski definition) is 4. The first-order chi connectivity index (χ1) is 14.4. The molecular weight excluding hydrogens is 428 g/mol. The number of hydrogen-bond donors (Lipinski definition) is 0. The van der Waals surface area contributed by atoms with Crippen LogP contribution in [0.15, 0.2) is 48.2 Å². The van der Waals surface area contributed by atoms with Gasteiger partial charge in [0.15, 0.2) is 0 Å². The van der Waals surface area contributed by atoms with Crippen LogP contribution >= 0.6 is 23.2 Å². The normalized spacial score (nSPS) is 18.0. The number of amides is 2. The van der Waals surface area contributed by atoms with E-state index in [-0.39, 0.29) is 22.7 Å². The van der Waals surface area contributed by atoms with Gasteiger partial charge in [-0.15, -0.1) is 0 Å². The summed E-state index contributed by atoms with van der Waals surface area (Å²) in [5.74, 6) is -1.38. The molecule has 30 heavy (non-hydrogen) atoms. The molecule has 0 saturated carbocycles. The van der Waals surface area contributed by atoms with Gasteiger partial charge in [0, 0.05) is 42.3 Å². The van der Waals surface area contributed by atoms with Gasteiger partial charge in [-0.25, -0.2) is 4.39 Å². The lowest BCUT2D eigenvalue weighted by Gasteiger charge is -2.34. The summed E-state index contributed by atoms with van der Waals surface area (Å²) in [7, 11) is 2.01. The standard InChI is InChI=1S/C22H20Cl2FN3O2/c1-26-8-10-27(11-9-26)20-19(16-7-6-15(23)12-17(16)24)21(29)28(22(20)30)13-14-4-2-3-5-18(14)25/h2-7,12H,8-11,13H2,1H3. The molecule has 0 radical (unpaired) electrons. The van der Waals surface area contributed by atoms with Gasteiger partial charge in [0.2, 0.25) is 0 Å². The van der Waals surface area contributed by atoms with Crippen LogP contribution in [0.1, 0.15) is 11.1 Å². The lowest BCUT2D eigenvalue weighted by Crippen LogP contribution is -2.46.